The Morgan fingerprint density at radius 2 is 1.81 bits per heavy atom. The van der Waals surface area contributed by atoms with E-state index in [9.17, 15) is 18.0 Å². The molecule has 1 aliphatic heterocycles. The van der Waals surface area contributed by atoms with E-state index in [0.29, 0.717) is 24.0 Å². The maximum Gasteiger partial charge on any atom is 0.245 e. The highest BCUT2D eigenvalue weighted by Crippen LogP contribution is 2.29. The third-order valence-corrected chi connectivity index (χ3v) is 9.71. The van der Waals surface area contributed by atoms with Gasteiger partial charge < -0.3 is 14.1 Å². The second-order valence-corrected chi connectivity index (χ2v) is 13.1. The van der Waals surface area contributed by atoms with Gasteiger partial charge >= 0.3 is 0 Å². The first-order valence-corrected chi connectivity index (χ1v) is 15.7. The molecule has 3 aromatic carbocycles. The van der Waals surface area contributed by atoms with Gasteiger partial charge in [0.1, 0.15) is 10.5 Å². The summed E-state index contributed by atoms with van der Waals surface area (Å²) >= 11 is 12.4. The largest absolute Gasteiger partial charge is 0.464 e. The molecule has 1 amide bonds. The van der Waals surface area contributed by atoms with Crippen LogP contribution in [0, 0.1) is 6.92 Å². The lowest BCUT2D eigenvalue weighted by atomic mass is 10.1. The first kappa shape index (κ1) is 30.3. The average molecular weight is 630 g/mol. The van der Waals surface area contributed by atoms with Crippen molar-refractivity contribution in [3.63, 3.8) is 0 Å². The second kappa shape index (κ2) is 13.0. The van der Waals surface area contributed by atoms with E-state index in [-0.39, 0.29) is 51.7 Å². The predicted molar refractivity (Wildman–Crippen MR) is 162 cm³/mol. The molecule has 5 rings (SSSR count). The fourth-order valence-electron chi connectivity index (χ4n) is 4.96. The summed E-state index contributed by atoms with van der Waals surface area (Å²) in [5.74, 6) is -0.498. The number of aryl methyl sites for hydroxylation is 1. The zero-order valence-corrected chi connectivity index (χ0v) is 25.3. The minimum atomic E-state index is -4.25. The SMILES string of the molecule is Cc1ccc2occ(CN(Cc3ccccc3)C(=O)CN(CC3CCCO3)S(=O)(=O)c3cc(Cl)ccc3Cl)c(=O)c2c1. The van der Waals surface area contributed by atoms with Crippen LogP contribution in [0.25, 0.3) is 11.0 Å². The summed E-state index contributed by atoms with van der Waals surface area (Å²) in [6.07, 6.45) is 2.44. The van der Waals surface area contributed by atoms with Gasteiger partial charge in [0.25, 0.3) is 0 Å². The molecule has 4 aromatic rings. The molecular formula is C31H30Cl2N2O6S. The summed E-state index contributed by atoms with van der Waals surface area (Å²) in [4.78, 5) is 28.7. The van der Waals surface area contributed by atoms with Gasteiger partial charge in [-0.3, -0.25) is 9.59 Å². The molecule has 1 fully saturated rings. The van der Waals surface area contributed by atoms with Crippen LogP contribution in [0.5, 0.6) is 0 Å². The Kier molecular flexibility index (Phi) is 9.35. The van der Waals surface area contributed by atoms with E-state index in [2.05, 4.69) is 0 Å². The van der Waals surface area contributed by atoms with Crippen molar-refractivity contribution in [2.24, 2.45) is 0 Å². The van der Waals surface area contributed by atoms with Gasteiger partial charge in [0, 0.05) is 24.7 Å². The molecule has 0 radical (unpaired) electrons. The van der Waals surface area contributed by atoms with Crippen molar-refractivity contribution in [3.05, 3.63) is 110 Å². The molecule has 1 aliphatic rings. The molecule has 220 valence electrons. The molecule has 0 spiro atoms. The molecular weight excluding hydrogens is 599 g/mol. The zero-order chi connectivity index (χ0) is 29.9. The van der Waals surface area contributed by atoms with Crippen LogP contribution in [-0.2, 0) is 32.6 Å². The van der Waals surface area contributed by atoms with Crippen LogP contribution in [-0.4, -0.2) is 49.3 Å². The van der Waals surface area contributed by atoms with E-state index in [1.807, 2.05) is 43.3 Å². The van der Waals surface area contributed by atoms with Gasteiger partial charge in [-0.15, -0.1) is 0 Å². The van der Waals surface area contributed by atoms with Crippen molar-refractivity contribution in [2.45, 2.75) is 43.9 Å². The van der Waals surface area contributed by atoms with Crippen molar-refractivity contribution in [2.75, 3.05) is 19.7 Å². The molecule has 1 aromatic heterocycles. The van der Waals surface area contributed by atoms with E-state index >= 15 is 0 Å². The molecule has 1 saturated heterocycles. The average Bonchev–Trinajstić information content (AvgIpc) is 3.49. The molecule has 0 bridgehead atoms. The Morgan fingerprint density at radius 3 is 2.55 bits per heavy atom. The summed E-state index contributed by atoms with van der Waals surface area (Å²) in [5.41, 5.74) is 2.20. The highest BCUT2D eigenvalue weighted by atomic mass is 35.5. The molecule has 42 heavy (non-hydrogen) atoms. The number of nitrogens with zero attached hydrogens (tertiary/aromatic N) is 2. The van der Waals surface area contributed by atoms with Gasteiger partial charge in [-0.25, -0.2) is 8.42 Å². The number of hydrogen-bond donors (Lipinski definition) is 0. The fourth-order valence-corrected chi connectivity index (χ4v) is 7.12. The van der Waals surface area contributed by atoms with Gasteiger partial charge in [-0.05, 0) is 55.7 Å². The Hall–Kier alpha value is -3.21. The molecule has 2 heterocycles. The number of amides is 1. The third kappa shape index (κ3) is 6.88. The zero-order valence-electron chi connectivity index (χ0n) is 23.0. The van der Waals surface area contributed by atoms with Crippen LogP contribution in [0.1, 0.15) is 29.5 Å². The van der Waals surface area contributed by atoms with Crippen molar-refractivity contribution in [3.8, 4) is 0 Å². The Morgan fingerprint density at radius 1 is 1.02 bits per heavy atom. The predicted octanol–water partition coefficient (Wildman–Crippen LogP) is 5.81. The van der Waals surface area contributed by atoms with Crippen molar-refractivity contribution in [1.29, 1.82) is 0 Å². The smallest absolute Gasteiger partial charge is 0.245 e. The molecule has 8 nitrogen and oxygen atoms in total. The molecule has 0 N–H and O–H groups in total. The summed E-state index contributed by atoms with van der Waals surface area (Å²) in [5, 5.41) is 0.609. The van der Waals surface area contributed by atoms with Crippen molar-refractivity contribution < 1.29 is 22.4 Å². The number of fused-ring (bicyclic) bond motifs is 1. The van der Waals surface area contributed by atoms with E-state index in [1.165, 1.54) is 29.4 Å². The van der Waals surface area contributed by atoms with Gasteiger partial charge in [0.15, 0.2) is 5.43 Å². The topological polar surface area (TPSA) is 97.1 Å². The Balaban J connectivity index is 1.49. The minimum Gasteiger partial charge on any atom is -0.464 e. The number of carbonyl (C=O) groups excluding carboxylic acids is 1. The van der Waals surface area contributed by atoms with Crippen LogP contribution in [0.3, 0.4) is 0 Å². The normalized spacial score (nSPS) is 15.4. The van der Waals surface area contributed by atoms with Crippen LogP contribution >= 0.6 is 23.2 Å². The molecule has 1 atom stereocenters. The molecule has 0 aliphatic carbocycles. The number of rotatable bonds is 10. The molecule has 11 heteroatoms. The summed E-state index contributed by atoms with van der Waals surface area (Å²) in [6.45, 7) is 1.94. The summed E-state index contributed by atoms with van der Waals surface area (Å²) < 4.78 is 40.3. The highest BCUT2D eigenvalue weighted by molar-refractivity contribution is 7.89. The van der Waals surface area contributed by atoms with Crippen LogP contribution < -0.4 is 5.43 Å². The second-order valence-electron chi connectivity index (χ2n) is 10.3. The van der Waals surface area contributed by atoms with Crippen LogP contribution in [0.15, 0.2) is 87.1 Å². The number of carbonyl (C=O) groups is 1. The Labute approximate surface area is 254 Å². The number of ether oxygens (including phenoxy) is 1. The highest BCUT2D eigenvalue weighted by Gasteiger charge is 2.34. The Bertz CT molecular complexity index is 1750. The van der Waals surface area contributed by atoms with Gasteiger partial charge in [-0.2, -0.15) is 4.31 Å². The van der Waals surface area contributed by atoms with Gasteiger partial charge in [0.2, 0.25) is 15.9 Å². The van der Waals surface area contributed by atoms with E-state index in [0.717, 1.165) is 21.9 Å². The number of hydrogen-bond acceptors (Lipinski definition) is 6. The van der Waals surface area contributed by atoms with Crippen LogP contribution in [0.2, 0.25) is 10.0 Å². The lowest BCUT2D eigenvalue weighted by molar-refractivity contribution is -0.132. The minimum absolute atomic E-state index is 0.00519. The fraction of sp³-hybridized carbons (Fsp3) is 0.290. The first-order valence-electron chi connectivity index (χ1n) is 13.5. The first-order chi connectivity index (χ1) is 20.1. The number of halogens is 2. The summed E-state index contributed by atoms with van der Waals surface area (Å²) in [6, 6.07) is 18.8. The monoisotopic (exact) mass is 628 g/mol. The van der Waals surface area contributed by atoms with Gasteiger partial charge in [-0.1, -0.05) is 65.2 Å². The molecule has 1 unspecified atom stereocenters. The van der Waals surface area contributed by atoms with E-state index in [4.69, 9.17) is 32.4 Å². The number of benzene rings is 3. The maximum absolute atomic E-state index is 14.0. The van der Waals surface area contributed by atoms with Crippen molar-refractivity contribution in [1.82, 2.24) is 9.21 Å². The van der Waals surface area contributed by atoms with Crippen molar-refractivity contribution >= 4 is 50.1 Å². The van der Waals surface area contributed by atoms with E-state index in [1.54, 1.807) is 12.1 Å². The lowest BCUT2D eigenvalue weighted by Crippen LogP contribution is -2.45. The van der Waals surface area contributed by atoms with Gasteiger partial charge in [0.05, 0.1) is 41.4 Å². The third-order valence-electron chi connectivity index (χ3n) is 7.18. The maximum atomic E-state index is 14.0. The quantitative estimate of drug-likeness (QED) is 0.220. The number of sulfonamides is 1. The summed E-state index contributed by atoms with van der Waals surface area (Å²) in [7, 11) is -4.25. The lowest BCUT2D eigenvalue weighted by Gasteiger charge is -2.29. The standard InChI is InChI=1S/C31H30Cl2N2O6S/c1-21-9-12-28-26(14-21)31(37)23(20-41-28)17-34(16-22-6-3-2-4-7-22)30(36)19-35(18-25-8-5-13-40-25)42(38,39)29-15-24(32)10-11-27(29)33/h2-4,6-7,9-12,14-15,20,25H,5,8,13,16-19H2,1H3. The van der Waals surface area contributed by atoms with E-state index < -0.39 is 22.5 Å². The molecule has 0 saturated carbocycles. The van der Waals surface area contributed by atoms with Crippen LogP contribution in [0.4, 0.5) is 0 Å².